The van der Waals surface area contributed by atoms with Crippen molar-refractivity contribution in [1.29, 1.82) is 0 Å². The number of aryl methyl sites for hydroxylation is 1. The van der Waals surface area contributed by atoms with E-state index in [0.29, 0.717) is 36.0 Å². The molecule has 0 aromatic carbocycles. The third-order valence-electron chi connectivity index (χ3n) is 2.69. The molecule has 0 amide bonds. The van der Waals surface area contributed by atoms with Gasteiger partial charge in [0.15, 0.2) is 5.69 Å². The predicted octanol–water partition coefficient (Wildman–Crippen LogP) is 0.915. The van der Waals surface area contributed by atoms with Gasteiger partial charge in [-0.05, 0) is 19.3 Å². The Labute approximate surface area is 109 Å². The van der Waals surface area contributed by atoms with E-state index in [1.165, 1.54) is 4.68 Å². The molecule has 0 bridgehead atoms. The van der Waals surface area contributed by atoms with Crippen molar-refractivity contribution in [3.63, 3.8) is 0 Å². The summed E-state index contributed by atoms with van der Waals surface area (Å²) in [6.45, 7) is 6.08. The first-order valence-electron chi connectivity index (χ1n) is 5.92. The minimum Gasteiger partial charge on any atom is -0.476 e. The van der Waals surface area contributed by atoms with E-state index in [1.54, 1.807) is 6.92 Å². The molecule has 2 rings (SSSR count). The summed E-state index contributed by atoms with van der Waals surface area (Å²) in [5.41, 5.74) is 1.85. The van der Waals surface area contributed by atoms with Gasteiger partial charge in [-0.15, -0.1) is 5.10 Å². The highest BCUT2D eigenvalue weighted by molar-refractivity contribution is 5.86. The Bertz CT molecular complexity index is 587. The number of carbonyl (C=O) groups is 1. The molecule has 0 saturated heterocycles. The van der Waals surface area contributed by atoms with Crippen LogP contribution in [0.2, 0.25) is 0 Å². The molecular formula is C11H15N5O3. The zero-order chi connectivity index (χ0) is 14.0. The highest BCUT2D eigenvalue weighted by atomic mass is 16.6. The largest absolute Gasteiger partial charge is 0.476 e. The van der Waals surface area contributed by atoms with Crippen LogP contribution in [-0.4, -0.2) is 36.4 Å². The molecule has 0 unspecified atom stereocenters. The maximum absolute atomic E-state index is 11.1. The Hall–Kier alpha value is -2.25. The van der Waals surface area contributed by atoms with Gasteiger partial charge in [0.1, 0.15) is 11.4 Å². The molecule has 19 heavy (non-hydrogen) atoms. The molecule has 0 fully saturated rings. The van der Waals surface area contributed by atoms with Crippen molar-refractivity contribution < 1.29 is 14.5 Å². The molecule has 0 aliphatic carbocycles. The van der Waals surface area contributed by atoms with Gasteiger partial charge in [0.05, 0.1) is 12.2 Å². The number of carboxylic acids is 1. The fourth-order valence-corrected chi connectivity index (χ4v) is 1.75. The Morgan fingerprint density at radius 3 is 2.68 bits per heavy atom. The average molecular weight is 265 g/mol. The lowest BCUT2D eigenvalue weighted by Gasteiger charge is -2.07. The molecule has 1 N–H and O–H groups in total. The third kappa shape index (κ3) is 2.78. The second kappa shape index (κ2) is 5.17. The molecule has 8 heteroatoms. The number of hydrogen-bond donors (Lipinski definition) is 1. The zero-order valence-corrected chi connectivity index (χ0v) is 11.0. The molecule has 0 atom stereocenters. The summed E-state index contributed by atoms with van der Waals surface area (Å²) < 4.78 is 6.15. The van der Waals surface area contributed by atoms with E-state index in [4.69, 9.17) is 5.11 Å². The van der Waals surface area contributed by atoms with Crippen molar-refractivity contribution in [2.75, 3.05) is 0 Å². The minimum atomic E-state index is -1.07. The Kier molecular flexibility index (Phi) is 3.59. The van der Waals surface area contributed by atoms with E-state index in [-0.39, 0.29) is 5.69 Å². The Morgan fingerprint density at radius 2 is 2.16 bits per heavy atom. The van der Waals surface area contributed by atoms with Gasteiger partial charge >= 0.3 is 5.97 Å². The molecule has 0 saturated carbocycles. The number of aromatic nitrogens is 5. The van der Waals surface area contributed by atoms with Crippen molar-refractivity contribution in [1.82, 2.24) is 25.3 Å². The molecule has 0 aliphatic rings. The van der Waals surface area contributed by atoms with Gasteiger partial charge < -0.3 is 5.11 Å². The highest BCUT2D eigenvalue weighted by Gasteiger charge is 2.21. The van der Waals surface area contributed by atoms with Crippen LogP contribution in [0.1, 0.15) is 41.4 Å². The van der Waals surface area contributed by atoms with Crippen molar-refractivity contribution in [2.45, 2.75) is 33.7 Å². The molecule has 0 aliphatic heterocycles. The van der Waals surface area contributed by atoms with Crippen LogP contribution in [0.25, 0.3) is 0 Å². The van der Waals surface area contributed by atoms with Gasteiger partial charge in [-0.25, -0.2) is 14.1 Å². The summed E-state index contributed by atoms with van der Waals surface area (Å²) in [6, 6.07) is 0. The van der Waals surface area contributed by atoms with Crippen LogP contribution < -0.4 is 0 Å². The first-order chi connectivity index (χ1) is 8.99. The van der Waals surface area contributed by atoms with Crippen LogP contribution in [0, 0.1) is 12.8 Å². The molecule has 2 aromatic rings. The molecule has 0 radical (unpaired) electrons. The molecule has 2 heterocycles. The van der Waals surface area contributed by atoms with Gasteiger partial charge in [0.2, 0.25) is 0 Å². The zero-order valence-electron chi connectivity index (χ0n) is 11.0. The van der Waals surface area contributed by atoms with Gasteiger partial charge in [0, 0.05) is 0 Å². The lowest BCUT2D eigenvalue weighted by Crippen LogP contribution is -2.12. The lowest BCUT2D eigenvalue weighted by atomic mass is 10.1. The van der Waals surface area contributed by atoms with Crippen LogP contribution in [-0.2, 0) is 13.0 Å². The highest BCUT2D eigenvalue weighted by Crippen LogP contribution is 2.14. The monoisotopic (exact) mass is 265 g/mol. The maximum Gasteiger partial charge on any atom is 0.358 e. The Balaban J connectivity index is 2.34. The molecule has 102 valence electrons. The van der Waals surface area contributed by atoms with Crippen LogP contribution in [0.5, 0.6) is 0 Å². The van der Waals surface area contributed by atoms with E-state index < -0.39 is 5.97 Å². The lowest BCUT2D eigenvalue weighted by molar-refractivity contribution is 0.0689. The van der Waals surface area contributed by atoms with E-state index in [2.05, 4.69) is 25.3 Å². The number of hydrogen-bond acceptors (Lipinski definition) is 6. The minimum absolute atomic E-state index is 0.0113. The number of carboxylic acid groups (broad SMARTS) is 1. The standard InChI is InChI=1S/C11H15N5O3/c1-6(2)4-9-10(11(17)18)12-15-16(9)5-8-7(3)13-19-14-8/h6H,4-5H2,1-3H3,(H,17,18). The topological polar surface area (TPSA) is 107 Å². The second-order valence-corrected chi connectivity index (χ2v) is 4.74. The van der Waals surface area contributed by atoms with Crippen molar-refractivity contribution in [3.8, 4) is 0 Å². The summed E-state index contributed by atoms with van der Waals surface area (Å²) in [4.78, 5) is 11.1. The smallest absolute Gasteiger partial charge is 0.358 e. The van der Waals surface area contributed by atoms with E-state index in [0.717, 1.165) is 0 Å². The van der Waals surface area contributed by atoms with Crippen LogP contribution in [0.15, 0.2) is 4.63 Å². The molecule has 0 spiro atoms. The summed E-state index contributed by atoms with van der Waals surface area (Å²) in [6.07, 6.45) is 0.582. The predicted molar refractivity (Wildman–Crippen MR) is 63.7 cm³/mol. The van der Waals surface area contributed by atoms with Gasteiger partial charge in [0.25, 0.3) is 0 Å². The molecule has 8 nitrogen and oxygen atoms in total. The number of nitrogens with zero attached hydrogens (tertiary/aromatic N) is 5. The van der Waals surface area contributed by atoms with E-state index in [9.17, 15) is 4.79 Å². The summed E-state index contributed by atoms with van der Waals surface area (Å²) in [7, 11) is 0. The van der Waals surface area contributed by atoms with Crippen LogP contribution >= 0.6 is 0 Å². The SMILES string of the molecule is Cc1nonc1Cn1nnc(C(=O)O)c1CC(C)C. The molecular weight excluding hydrogens is 250 g/mol. The Morgan fingerprint density at radius 1 is 1.42 bits per heavy atom. The van der Waals surface area contributed by atoms with Gasteiger partial charge in [-0.3, -0.25) is 0 Å². The van der Waals surface area contributed by atoms with Gasteiger partial charge in [-0.1, -0.05) is 29.4 Å². The fourth-order valence-electron chi connectivity index (χ4n) is 1.75. The van der Waals surface area contributed by atoms with E-state index >= 15 is 0 Å². The van der Waals surface area contributed by atoms with Gasteiger partial charge in [-0.2, -0.15) is 0 Å². The number of aromatic carboxylic acids is 1. The second-order valence-electron chi connectivity index (χ2n) is 4.74. The normalized spacial score (nSPS) is 11.2. The molecule has 2 aromatic heterocycles. The first-order valence-corrected chi connectivity index (χ1v) is 5.92. The first kappa shape index (κ1) is 13.2. The maximum atomic E-state index is 11.1. The van der Waals surface area contributed by atoms with Crippen LogP contribution in [0.3, 0.4) is 0 Å². The van der Waals surface area contributed by atoms with Crippen molar-refractivity contribution >= 4 is 5.97 Å². The quantitative estimate of drug-likeness (QED) is 0.856. The summed E-state index contributed by atoms with van der Waals surface area (Å²) in [5, 5.41) is 24.2. The van der Waals surface area contributed by atoms with E-state index in [1.807, 2.05) is 13.8 Å². The number of rotatable bonds is 5. The fraction of sp³-hybridized carbons (Fsp3) is 0.545. The van der Waals surface area contributed by atoms with Crippen molar-refractivity contribution in [3.05, 3.63) is 22.8 Å². The third-order valence-corrected chi connectivity index (χ3v) is 2.69. The van der Waals surface area contributed by atoms with Crippen LogP contribution in [0.4, 0.5) is 0 Å². The summed E-state index contributed by atoms with van der Waals surface area (Å²) in [5.74, 6) is -0.774. The van der Waals surface area contributed by atoms with Crippen molar-refractivity contribution in [2.24, 2.45) is 5.92 Å². The summed E-state index contributed by atoms with van der Waals surface area (Å²) >= 11 is 0. The average Bonchev–Trinajstić information content (AvgIpc) is 2.87.